The molecule has 0 aliphatic carbocycles. The zero-order valence-electron chi connectivity index (χ0n) is 12.3. The van der Waals surface area contributed by atoms with E-state index in [-0.39, 0.29) is 5.91 Å². The predicted octanol–water partition coefficient (Wildman–Crippen LogP) is 3.00. The van der Waals surface area contributed by atoms with E-state index in [1.807, 2.05) is 36.7 Å². The largest absolute Gasteiger partial charge is 0.352 e. The Morgan fingerprint density at radius 2 is 2.00 bits per heavy atom. The van der Waals surface area contributed by atoms with E-state index in [0.717, 1.165) is 22.1 Å². The molecule has 5 nitrogen and oxygen atoms in total. The van der Waals surface area contributed by atoms with Crippen LogP contribution in [0.25, 0.3) is 5.69 Å². The Bertz CT molecular complexity index is 784. The number of benzene rings is 1. The first-order chi connectivity index (χ1) is 11.2. The Morgan fingerprint density at radius 1 is 1.17 bits per heavy atom. The minimum atomic E-state index is -0.0814. The summed E-state index contributed by atoms with van der Waals surface area (Å²) < 4.78 is 2.66. The molecule has 1 aromatic carbocycles. The molecule has 0 saturated carbocycles. The fourth-order valence-corrected chi connectivity index (χ4v) is 2.46. The van der Waals surface area contributed by atoms with Gasteiger partial charge in [0.05, 0.1) is 16.4 Å². The van der Waals surface area contributed by atoms with Crippen molar-refractivity contribution in [2.75, 3.05) is 6.54 Å². The van der Waals surface area contributed by atoms with Crippen molar-refractivity contribution >= 4 is 21.8 Å². The topological polar surface area (TPSA) is 59.8 Å². The molecular weight excluding hydrogens is 356 g/mol. The highest BCUT2D eigenvalue weighted by atomic mass is 79.9. The standard InChI is InChI=1S/C17H15BrN4O/c18-15-11-21-22(12-15)16-5-3-14(4-6-16)17(23)20-9-7-13-2-1-8-19-10-13/h1-6,8,10-12H,7,9H2,(H,20,23). The molecule has 0 spiro atoms. The Labute approximate surface area is 142 Å². The van der Waals surface area contributed by atoms with Crippen molar-refractivity contribution in [2.24, 2.45) is 0 Å². The van der Waals surface area contributed by atoms with Crippen LogP contribution in [0.5, 0.6) is 0 Å². The van der Waals surface area contributed by atoms with Crippen molar-refractivity contribution in [1.82, 2.24) is 20.1 Å². The zero-order chi connectivity index (χ0) is 16.1. The molecule has 6 heteroatoms. The molecule has 3 aromatic rings. The number of halogens is 1. The van der Waals surface area contributed by atoms with Gasteiger partial charge in [0.2, 0.25) is 0 Å². The maximum Gasteiger partial charge on any atom is 0.251 e. The zero-order valence-corrected chi connectivity index (χ0v) is 13.9. The number of aromatic nitrogens is 3. The van der Waals surface area contributed by atoms with Crippen LogP contribution >= 0.6 is 15.9 Å². The first kappa shape index (κ1) is 15.4. The lowest BCUT2D eigenvalue weighted by Crippen LogP contribution is -2.25. The van der Waals surface area contributed by atoms with Gasteiger partial charge in [0, 0.05) is 30.7 Å². The molecule has 1 amide bonds. The molecule has 0 fully saturated rings. The summed E-state index contributed by atoms with van der Waals surface area (Å²) in [6.07, 6.45) is 7.89. The number of nitrogens with one attached hydrogen (secondary N) is 1. The average molecular weight is 371 g/mol. The molecule has 1 N–H and O–H groups in total. The van der Waals surface area contributed by atoms with Crippen molar-refractivity contribution in [3.8, 4) is 5.69 Å². The van der Waals surface area contributed by atoms with Crippen LogP contribution in [-0.4, -0.2) is 27.2 Å². The van der Waals surface area contributed by atoms with Gasteiger partial charge in [0.25, 0.3) is 5.91 Å². The van der Waals surface area contributed by atoms with Gasteiger partial charge in [-0.15, -0.1) is 0 Å². The lowest BCUT2D eigenvalue weighted by molar-refractivity contribution is 0.0954. The number of carbonyl (C=O) groups excluding carboxylic acids is 1. The van der Waals surface area contributed by atoms with Gasteiger partial charge < -0.3 is 5.32 Å². The lowest BCUT2D eigenvalue weighted by atomic mass is 10.2. The quantitative estimate of drug-likeness (QED) is 0.750. The van der Waals surface area contributed by atoms with E-state index in [0.29, 0.717) is 12.1 Å². The molecule has 0 unspecified atom stereocenters. The normalized spacial score (nSPS) is 10.5. The Morgan fingerprint density at radius 3 is 2.65 bits per heavy atom. The summed E-state index contributed by atoms with van der Waals surface area (Å²) in [6, 6.07) is 11.2. The second-order valence-corrected chi connectivity index (χ2v) is 5.93. The summed E-state index contributed by atoms with van der Waals surface area (Å²) in [6.45, 7) is 0.582. The van der Waals surface area contributed by atoms with Crippen molar-refractivity contribution in [3.05, 3.63) is 76.8 Å². The van der Waals surface area contributed by atoms with E-state index in [2.05, 4.69) is 31.3 Å². The molecule has 3 rings (SSSR count). The van der Waals surface area contributed by atoms with Crippen molar-refractivity contribution < 1.29 is 4.79 Å². The van der Waals surface area contributed by atoms with Gasteiger partial charge >= 0.3 is 0 Å². The minimum Gasteiger partial charge on any atom is -0.352 e. The highest BCUT2D eigenvalue weighted by Crippen LogP contribution is 2.13. The van der Waals surface area contributed by atoms with Crippen LogP contribution in [0, 0.1) is 0 Å². The molecule has 0 saturated heterocycles. The number of rotatable bonds is 5. The van der Waals surface area contributed by atoms with Crippen LogP contribution in [0.1, 0.15) is 15.9 Å². The number of pyridine rings is 1. The highest BCUT2D eigenvalue weighted by Gasteiger charge is 2.06. The van der Waals surface area contributed by atoms with Gasteiger partial charge in [0.15, 0.2) is 0 Å². The SMILES string of the molecule is O=C(NCCc1cccnc1)c1ccc(-n2cc(Br)cn2)cc1. The molecule has 0 atom stereocenters. The monoisotopic (exact) mass is 370 g/mol. The van der Waals surface area contributed by atoms with Crippen LogP contribution in [0.2, 0.25) is 0 Å². The summed E-state index contributed by atoms with van der Waals surface area (Å²) in [7, 11) is 0. The van der Waals surface area contributed by atoms with Crippen LogP contribution in [0.4, 0.5) is 0 Å². The van der Waals surface area contributed by atoms with Crippen LogP contribution in [0.3, 0.4) is 0 Å². The van der Waals surface area contributed by atoms with E-state index in [9.17, 15) is 4.79 Å². The van der Waals surface area contributed by atoms with Crippen LogP contribution in [0.15, 0.2) is 65.7 Å². The number of hydrogen-bond donors (Lipinski definition) is 1. The van der Waals surface area contributed by atoms with Crippen LogP contribution < -0.4 is 5.32 Å². The second kappa shape index (κ2) is 7.19. The maximum atomic E-state index is 12.1. The molecule has 0 aliphatic heterocycles. The summed E-state index contributed by atoms with van der Waals surface area (Å²) in [4.78, 5) is 16.2. The van der Waals surface area contributed by atoms with Gasteiger partial charge in [-0.3, -0.25) is 9.78 Å². The molecular formula is C17H15BrN4O. The predicted molar refractivity (Wildman–Crippen MR) is 91.5 cm³/mol. The summed E-state index contributed by atoms with van der Waals surface area (Å²) in [5.74, 6) is -0.0814. The van der Waals surface area contributed by atoms with Crippen molar-refractivity contribution in [3.63, 3.8) is 0 Å². The number of amides is 1. The first-order valence-electron chi connectivity index (χ1n) is 7.20. The van der Waals surface area contributed by atoms with Gasteiger partial charge in [0.1, 0.15) is 0 Å². The lowest BCUT2D eigenvalue weighted by Gasteiger charge is -2.06. The Kier molecular flexibility index (Phi) is 4.83. The molecule has 0 aliphatic rings. The minimum absolute atomic E-state index is 0.0814. The molecule has 2 aromatic heterocycles. The van der Waals surface area contributed by atoms with Gasteiger partial charge in [-0.2, -0.15) is 5.10 Å². The van der Waals surface area contributed by atoms with E-state index in [1.165, 1.54) is 0 Å². The summed E-state index contributed by atoms with van der Waals surface area (Å²) >= 11 is 3.36. The van der Waals surface area contributed by atoms with Gasteiger partial charge in [-0.1, -0.05) is 6.07 Å². The molecule has 2 heterocycles. The van der Waals surface area contributed by atoms with Crippen molar-refractivity contribution in [2.45, 2.75) is 6.42 Å². The average Bonchev–Trinajstić information content (AvgIpc) is 3.02. The number of hydrogen-bond acceptors (Lipinski definition) is 3. The number of carbonyl (C=O) groups is 1. The summed E-state index contributed by atoms with van der Waals surface area (Å²) in [5, 5.41) is 7.12. The van der Waals surface area contributed by atoms with E-state index >= 15 is 0 Å². The van der Waals surface area contributed by atoms with Gasteiger partial charge in [-0.05, 0) is 58.2 Å². The Balaban J connectivity index is 1.57. The fourth-order valence-electron chi connectivity index (χ4n) is 2.18. The van der Waals surface area contributed by atoms with E-state index in [1.54, 1.807) is 29.2 Å². The van der Waals surface area contributed by atoms with Gasteiger partial charge in [-0.25, -0.2) is 4.68 Å². The van der Waals surface area contributed by atoms with E-state index in [4.69, 9.17) is 0 Å². The fraction of sp³-hybridized carbons (Fsp3) is 0.118. The third-order valence-electron chi connectivity index (χ3n) is 3.37. The number of nitrogens with zero attached hydrogens (tertiary/aromatic N) is 3. The maximum absolute atomic E-state index is 12.1. The summed E-state index contributed by atoms with van der Waals surface area (Å²) in [5.41, 5.74) is 2.64. The van der Waals surface area contributed by atoms with Crippen molar-refractivity contribution in [1.29, 1.82) is 0 Å². The Hall–Kier alpha value is -2.47. The molecule has 0 bridgehead atoms. The third-order valence-corrected chi connectivity index (χ3v) is 3.78. The molecule has 0 radical (unpaired) electrons. The van der Waals surface area contributed by atoms with Crippen LogP contribution in [-0.2, 0) is 6.42 Å². The van der Waals surface area contributed by atoms with E-state index < -0.39 is 0 Å². The highest BCUT2D eigenvalue weighted by molar-refractivity contribution is 9.10. The first-order valence-corrected chi connectivity index (χ1v) is 7.99. The smallest absolute Gasteiger partial charge is 0.251 e. The third kappa shape index (κ3) is 4.04. The molecule has 116 valence electrons. The second-order valence-electron chi connectivity index (χ2n) is 5.02. The molecule has 23 heavy (non-hydrogen) atoms.